The molecule has 0 bridgehead atoms. The molecule has 4 N–H and O–H groups in total. The minimum absolute atomic E-state index is 0.0664. The number of nitrogens with zero attached hydrogens (tertiary/aromatic N) is 1. The Morgan fingerprint density at radius 3 is 2.59 bits per heavy atom. The van der Waals surface area contributed by atoms with E-state index < -0.39 is 12.7 Å². The number of aryl methyl sites for hydroxylation is 1. The molecular weight excluding hydrogens is 339 g/mol. The molecule has 1 heterocycles. The van der Waals surface area contributed by atoms with Crippen molar-refractivity contribution in [3.8, 4) is 0 Å². The van der Waals surface area contributed by atoms with Gasteiger partial charge < -0.3 is 15.8 Å². The summed E-state index contributed by atoms with van der Waals surface area (Å²) < 4.78 is 0. The maximum absolute atomic E-state index is 12.4. The van der Waals surface area contributed by atoms with Gasteiger partial charge in [0.05, 0.1) is 5.54 Å². The Bertz CT molecular complexity index is 646. The smallest absolute Gasteiger partial charge is 0.427 e. The molecule has 1 saturated heterocycles. The Morgan fingerprint density at radius 2 is 1.93 bits per heavy atom. The summed E-state index contributed by atoms with van der Waals surface area (Å²) in [6.07, 6.45) is 6.67. The lowest BCUT2D eigenvalue weighted by Gasteiger charge is -2.43. The molecule has 2 atom stereocenters. The summed E-state index contributed by atoms with van der Waals surface area (Å²) in [5.41, 5.74) is 8.79. The molecule has 0 aromatic heterocycles. The molecule has 1 aromatic carbocycles. The number of fused-ring (bicyclic) bond motifs is 1. The lowest BCUT2D eigenvalue weighted by atomic mass is 9.72. The second-order valence-electron chi connectivity index (χ2n) is 8.39. The standard InChI is InChI=1S/C21H33BN2O3/c1-16(25)21(23,12-4-5-13-22(26)27)18-10-14-24(15-11-18)20-9-8-17-6-2-3-7-19(17)20/h2-3,6-7,18,20,26-27H,4-5,8-15,23H2,1H3/t20?,21-/m0/s1. The predicted octanol–water partition coefficient (Wildman–Crippen LogP) is 2.32. The number of unbranched alkanes of at least 4 members (excludes halogenated alkanes) is 1. The van der Waals surface area contributed by atoms with Crippen molar-refractivity contribution in [2.24, 2.45) is 11.7 Å². The second kappa shape index (κ2) is 8.86. The van der Waals surface area contributed by atoms with Crippen LogP contribution in [0, 0.1) is 5.92 Å². The Labute approximate surface area is 163 Å². The van der Waals surface area contributed by atoms with Crippen molar-refractivity contribution < 1.29 is 14.8 Å². The first-order valence-electron chi connectivity index (χ1n) is 10.4. The van der Waals surface area contributed by atoms with Gasteiger partial charge in [0.25, 0.3) is 0 Å². The maximum atomic E-state index is 12.4. The first-order valence-corrected chi connectivity index (χ1v) is 10.4. The molecule has 3 rings (SSSR count). The minimum atomic E-state index is -1.27. The molecule has 1 aliphatic heterocycles. The number of nitrogens with two attached hydrogens (primary N) is 1. The van der Waals surface area contributed by atoms with Gasteiger partial charge >= 0.3 is 7.12 Å². The summed E-state index contributed by atoms with van der Waals surface area (Å²) in [7, 11) is -1.27. The van der Waals surface area contributed by atoms with E-state index in [-0.39, 0.29) is 11.7 Å². The van der Waals surface area contributed by atoms with Gasteiger partial charge in [-0.25, -0.2) is 0 Å². The van der Waals surface area contributed by atoms with E-state index in [1.54, 1.807) is 6.92 Å². The number of hydrogen-bond donors (Lipinski definition) is 3. The topological polar surface area (TPSA) is 86.8 Å². The number of benzene rings is 1. The zero-order chi connectivity index (χ0) is 19.4. The molecule has 0 radical (unpaired) electrons. The Kier molecular flexibility index (Phi) is 6.74. The first-order chi connectivity index (χ1) is 12.9. The zero-order valence-corrected chi connectivity index (χ0v) is 16.4. The highest BCUT2D eigenvalue weighted by atomic mass is 16.4. The van der Waals surface area contributed by atoms with Crippen LogP contribution >= 0.6 is 0 Å². The Balaban J connectivity index is 1.57. The Morgan fingerprint density at radius 1 is 1.22 bits per heavy atom. The van der Waals surface area contributed by atoms with Gasteiger partial charge in [0.15, 0.2) is 0 Å². The monoisotopic (exact) mass is 372 g/mol. The Hall–Kier alpha value is -1.21. The number of Topliss-reactive ketones (excluding diaryl/α,β-unsaturated/α-hetero) is 1. The molecular formula is C21H33BN2O3. The average Bonchev–Trinajstić information content (AvgIpc) is 3.09. The summed E-state index contributed by atoms with van der Waals surface area (Å²) in [5.74, 6) is 0.277. The van der Waals surface area contributed by atoms with E-state index in [0.29, 0.717) is 25.2 Å². The third kappa shape index (κ3) is 4.62. The maximum Gasteiger partial charge on any atom is 0.451 e. The SMILES string of the molecule is CC(=O)[C@@](N)(CCCCB(O)O)C1CCN(C2CCc3ccccc32)CC1. The van der Waals surface area contributed by atoms with E-state index in [0.717, 1.165) is 38.8 Å². The fourth-order valence-electron chi connectivity index (χ4n) is 5.05. The van der Waals surface area contributed by atoms with Crippen LogP contribution in [0.4, 0.5) is 0 Å². The normalized spacial score (nSPS) is 23.0. The molecule has 0 spiro atoms. The van der Waals surface area contributed by atoms with Crippen LogP contribution in [0.5, 0.6) is 0 Å². The van der Waals surface area contributed by atoms with Crippen molar-refractivity contribution in [2.45, 2.75) is 69.8 Å². The van der Waals surface area contributed by atoms with Gasteiger partial charge in [-0.2, -0.15) is 0 Å². The van der Waals surface area contributed by atoms with Gasteiger partial charge in [-0.1, -0.05) is 37.1 Å². The van der Waals surface area contributed by atoms with E-state index in [1.807, 2.05) is 0 Å². The molecule has 0 saturated carbocycles. The highest BCUT2D eigenvalue weighted by Gasteiger charge is 2.41. The molecule has 27 heavy (non-hydrogen) atoms. The summed E-state index contributed by atoms with van der Waals surface area (Å²) in [5, 5.41) is 18.0. The molecule has 5 nitrogen and oxygen atoms in total. The lowest BCUT2D eigenvalue weighted by molar-refractivity contribution is -0.125. The van der Waals surface area contributed by atoms with Gasteiger partial charge in [-0.05, 0) is 75.5 Å². The number of carbonyl (C=O) groups excluding carboxylic acids is 1. The van der Waals surface area contributed by atoms with Gasteiger partial charge in [-0.15, -0.1) is 0 Å². The highest BCUT2D eigenvalue weighted by Crippen LogP contribution is 2.39. The van der Waals surface area contributed by atoms with E-state index in [2.05, 4.69) is 29.2 Å². The molecule has 1 aliphatic carbocycles. The van der Waals surface area contributed by atoms with Crippen LogP contribution in [0.3, 0.4) is 0 Å². The molecule has 1 aromatic rings. The summed E-state index contributed by atoms with van der Waals surface area (Å²) in [6.45, 7) is 3.59. The molecule has 148 valence electrons. The van der Waals surface area contributed by atoms with Crippen LogP contribution in [0.1, 0.15) is 62.6 Å². The summed E-state index contributed by atoms with van der Waals surface area (Å²) in [4.78, 5) is 14.9. The van der Waals surface area contributed by atoms with E-state index in [9.17, 15) is 4.79 Å². The number of rotatable bonds is 8. The van der Waals surface area contributed by atoms with Gasteiger partial charge in [-0.3, -0.25) is 9.69 Å². The fraction of sp³-hybridized carbons (Fsp3) is 0.667. The average molecular weight is 372 g/mol. The number of ketones is 1. The number of likely N-dealkylation sites (tertiary alicyclic amines) is 1. The van der Waals surface area contributed by atoms with Crippen molar-refractivity contribution in [2.75, 3.05) is 13.1 Å². The van der Waals surface area contributed by atoms with Crippen molar-refractivity contribution in [1.29, 1.82) is 0 Å². The number of carbonyl (C=O) groups is 1. The fourth-order valence-corrected chi connectivity index (χ4v) is 5.05. The van der Waals surface area contributed by atoms with Crippen LogP contribution in [0.2, 0.25) is 6.32 Å². The van der Waals surface area contributed by atoms with Crippen LogP contribution in [-0.4, -0.2) is 46.5 Å². The van der Waals surface area contributed by atoms with Crippen LogP contribution in [0.15, 0.2) is 24.3 Å². The minimum Gasteiger partial charge on any atom is -0.427 e. The third-order valence-corrected chi connectivity index (χ3v) is 6.76. The van der Waals surface area contributed by atoms with Crippen molar-refractivity contribution in [1.82, 2.24) is 4.90 Å². The molecule has 2 aliphatic rings. The lowest BCUT2D eigenvalue weighted by Crippen LogP contribution is -2.56. The van der Waals surface area contributed by atoms with Crippen molar-refractivity contribution in [3.05, 3.63) is 35.4 Å². The largest absolute Gasteiger partial charge is 0.451 e. The predicted molar refractivity (Wildman–Crippen MR) is 108 cm³/mol. The van der Waals surface area contributed by atoms with E-state index in [4.69, 9.17) is 15.8 Å². The molecule has 6 heteroatoms. The van der Waals surface area contributed by atoms with Crippen LogP contribution in [0.25, 0.3) is 0 Å². The second-order valence-corrected chi connectivity index (χ2v) is 8.39. The molecule has 1 unspecified atom stereocenters. The van der Waals surface area contributed by atoms with Crippen molar-refractivity contribution in [3.63, 3.8) is 0 Å². The van der Waals surface area contributed by atoms with Gasteiger partial charge in [0.2, 0.25) is 0 Å². The van der Waals surface area contributed by atoms with Gasteiger partial charge in [0, 0.05) is 6.04 Å². The van der Waals surface area contributed by atoms with Crippen LogP contribution < -0.4 is 5.73 Å². The number of piperidine rings is 1. The quantitative estimate of drug-likeness (QED) is 0.482. The molecule has 0 amide bonds. The molecule has 1 fully saturated rings. The van der Waals surface area contributed by atoms with E-state index in [1.165, 1.54) is 17.5 Å². The number of hydrogen-bond acceptors (Lipinski definition) is 5. The highest BCUT2D eigenvalue weighted by molar-refractivity contribution is 6.40. The van der Waals surface area contributed by atoms with Gasteiger partial charge in [0.1, 0.15) is 5.78 Å². The zero-order valence-electron chi connectivity index (χ0n) is 16.4. The van der Waals surface area contributed by atoms with Crippen molar-refractivity contribution >= 4 is 12.9 Å². The third-order valence-electron chi connectivity index (χ3n) is 6.76. The van der Waals surface area contributed by atoms with E-state index >= 15 is 0 Å². The summed E-state index contributed by atoms with van der Waals surface area (Å²) in [6, 6.07) is 9.27. The van der Waals surface area contributed by atoms with Crippen LogP contribution in [-0.2, 0) is 11.2 Å². The summed E-state index contributed by atoms with van der Waals surface area (Å²) >= 11 is 0. The first kappa shape index (κ1) is 20.5.